The lowest BCUT2D eigenvalue weighted by molar-refractivity contribution is -0.144. The highest BCUT2D eigenvalue weighted by Gasteiger charge is 2.19. The van der Waals surface area contributed by atoms with Crippen molar-refractivity contribution in [1.29, 1.82) is 0 Å². The maximum absolute atomic E-state index is 13.6. The third kappa shape index (κ3) is 4.68. The Hall–Kier alpha value is -3.61. The first-order valence-corrected chi connectivity index (χ1v) is 9.30. The highest BCUT2D eigenvalue weighted by molar-refractivity contribution is 5.99. The van der Waals surface area contributed by atoms with Gasteiger partial charge in [0.1, 0.15) is 5.82 Å². The molecule has 2 aromatic carbocycles. The molecule has 0 saturated carbocycles. The van der Waals surface area contributed by atoms with Crippen molar-refractivity contribution in [2.75, 3.05) is 20.3 Å². The van der Waals surface area contributed by atoms with E-state index < -0.39 is 12.6 Å². The third-order valence-corrected chi connectivity index (χ3v) is 4.58. The van der Waals surface area contributed by atoms with E-state index >= 15 is 0 Å². The SMILES string of the molecule is COc1ccccc1OCC(=O)OCC(=O)c1cc(C)n(-c2cccc(F)c2)c1C. The number of Topliss-reactive ketones (excluding diaryl/α,β-unsaturated/α-hetero) is 1. The summed E-state index contributed by atoms with van der Waals surface area (Å²) in [7, 11) is 1.50. The highest BCUT2D eigenvalue weighted by atomic mass is 19.1. The number of hydrogen-bond acceptors (Lipinski definition) is 5. The zero-order chi connectivity index (χ0) is 21.7. The number of carbonyl (C=O) groups is 2. The number of para-hydroxylation sites is 2. The van der Waals surface area contributed by atoms with Crippen LogP contribution < -0.4 is 9.47 Å². The van der Waals surface area contributed by atoms with Crippen molar-refractivity contribution in [3.05, 3.63) is 77.4 Å². The van der Waals surface area contributed by atoms with Crippen LogP contribution in [0.25, 0.3) is 5.69 Å². The number of halogens is 1. The van der Waals surface area contributed by atoms with E-state index in [-0.39, 0.29) is 18.2 Å². The zero-order valence-electron chi connectivity index (χ0n) is 17.0. The number of rotatable bonds is 8. The van der Waals surface area contributed by atoms with Gasteiger partial charge in [-0.25, -0.2) is 9.18 Å². The van der Waals surface area contributed by atoms with Crippen LogP contribution in [0.4, 0.5) is 4.39 Å². The first kappa shape index (κ1) is 21.1. The first-order chi connectivity index (χ1) is 14.4. The van der Waals surface area contributed by atoms with E-state index in [1.807, 2.05) is 6.92 Å². The van der Waals surface area contributed by atoms with Gasteiger partial charge in [-0.05, 0) is 50.2 Å². The maximum Gasteiger partial charge on any atom is 0.344 e. The highest BCUT2D eigenvalue weighted by Crippen LogP contribution is 2.25. The minimum absolute atomic E-state index is 0.351. The van der Waals surface area contributed by atoms with Gasteiger partial charge in [-0.3, -0.25) is 4.79 Å². The molecule has 1 heterocycles. The number of aryl methyl sites for hydroxylation is 1. The Morgan fingerprint density at radius 1 is 0.967 bits per heavy atom. The molecule has 0 amide bonds. The van der Waals surface area contributed by atoms with Gasteiger partial charge in [0.25, 0.3) is 0 Å². The van der Waals surface area contributed by atoms with Crippen LogP contribution in [-0.4, -0.2) is 36.6 Å². The van der Waals surface area contributed by atoms with Gasteiger partial charge in [-0.2, -0.15) is 0 Å². The molecule has 0 aliphatic carbocycles. The van der Waals surface area contributed by atoms with E-state index in [0.29, 0.717) is 28.4 Å². The molecule has 0 unspecified atom stereocenters. The Balaban J connectivity index is 1.62. The van der Waals surface area contributed by atoms with Crippen molar-refractivity contribution in [2.24, 2.45) is 0 Å². The Labute approximate surface area is 173 Å². The second kappa shape index (κ2) is 9.26. The second-order valence-corrected chi connectivity index (χ2v) is 6.62. The molecule has 156 valence electrons. The molecule has 0 bridgehead atoms. The number of aromatic nitrogens is 1. The molecular weight excluding hydrogens is 389 g/mol. The zero-order valence-corrected chi connectivity index (χ0v) is 17.0. The summed E-state index contributed by atoms with van der Waals surface area (Å²) in [5.41, 5.74) is 2.44. The maximum atomic E-state index is 13.6. The van der Waals surface area contributed by atoms with Crippen molar-refractivity contribution in [3.8, 4) is 17.2 Å². The topological polar surface area (TPSA) is 66.8 Å². The Bertz CT molecular complexity index is 1070. The number of carbonyl (C=O) groups excluding carboxylic acids is 2. The van der Waals surface area contributed by atoms with E-state index in [1.54, 1.807) is 54.0 Å². The predicted molar refractivity (Wildman–Crippen MR) is 109 cm³/mol. The van der Waals surface area contributed by atoms with Gasteiger partial charge in [0, 0.05) is 22.6 Å². The fourth-order valence-electron chi connectivity index (χ4n) is 3.20. The molecule has 3 rings (SSSR count). The molecule has 0 radical (unpaired) electrons. The number of methoxy groups -OCH3 is 1. The smallest absolute Gasteiger partial charge is 0.344 e. The summed E-state index contributed by atoms with van der Waals surface area (Å²) in [6.07, 6.45) is 0. The average molecular weight is 411 g/mol. The summed E-state index contributed by atoms with van der Waals surface area (Å²) >= 11 is 0. The molecule has 0 fully saturated rings. The largest absolute Gasteiger partial charge is 0.493 e. The van der Waals surface area contributed by atoms with Crippen LogP contribution in [0.5, 0.6) is 11.5 Å². The number of nitrogens with zero attached hydrogens (tertiary/aromatic N) is 1. The quantitative estimate of drug-likeness (QED) is 0.413. The van der Waals surface area contributed by atoms with Gasteiger partial charge in [-0.1, -0.05) is 18.2 Å². The molecular formula is C23H22FNO5. The Morgan fingerprint density at radius 3 is 2.40 bits per heavy atom. The lowest BCUT2D eigenvalue weighted by Crippen LogP contribution is -2.20. The van der Waals surface area contributed by atoms with Crippen molar-refractivity contribution in [2.45, 2.75) is 13.8 Å². The minimum atomic E-state index is -0.673. The normalized spacial score (nSPS) is 10.5. The molecule has 0 saturated heterocycles. The van der Waals surface area contributed by atoms with Gasteiger partial charge in [0.05, 0.1) is 7.11 Å². The number of esters is 1. The van der Waals surface area contributed by atoms with Crippen molar-refractivity contribution in [3.63, 3.8) is 0 Å². The van der Waals surface area contributed by atoms with Gasteiger partial charge >= 0.3 is 5.97 Å². The Morgan fingerprint density at radius 2 is 1.70 bits per heavy atom. The summed E-state index contributed by atoms with van der Waals surface area (Å²) in [6, 6.07) is 14.7. The van der Waals surface area contributed by atoms with Crippen LogP contribution in [0.3, 0.4) is 0 Å². The van der Waals surface area contributed by atoms with Gasteiger partial charge < -0.3 is 18.8 Å². The van der Waals surface area contributed by atoms with E-state index in [4.69, 9.17) is 14.2 Å². The van der Waals surface area contributed by atoms with Gasteiger partial charge in [0.2, 0.25) is 5.78 Å². The van der Waals surface area contributed by atoms with Crippen LogP contribution in [0, 0.1) is 19.7 Å². The standard InChI is InChI=1S/C23H22FNO5/c1-15-11-19(16(2)25(15)18-8-6-7-17(24)12-18)20(26)13-30-23(27)14-29-22-10-5-4-9-21(22)28-3/h4-12H,13-14H2,1-3H3. The number of hydrogen-bond donors (Lipinski definition) is 0. The average Bonchev–Trinajstić information content (AvgIpc) is 3.04. The fourth-order valence-corrected chi connectivity index (χ4v) is 3.20. The van der Waals surface area contributed by atoms with Gasteiger partial charge in [-0.15, -0.1) is 0 Å². The molecule has 1 aromatic heterocycles. The van der Waals surface area contributed by atoms with E-state index in [0.717, 1.165) is 5.69 Å². The van der Waals surface area contributed by atoms with E-state index in [2.05, 4.69) is 0 Å². The molecule has 0 aliphatic rings. The summed E-state index contributed by atoms with van der Waals surface area (Å²) in [5.74, 6) is -0.491. The molecule has 30 heavy (non-hydrogen) atoms. The van der Waals surface area contributed by atoms with Crippen LogP contribution in [0.15, 0.2) is 54.6 Å². The van der Waals surface area contributed by atoms with Crippen LogP contribution in [-0.2, 0) is 9.53 Å². The molecule has 3 aromatic rings. The van der Waals surface area contributed by atoms with Crippen LogP contribution in [0.1, 0.15) is 21.7 Å². The van der Waals surface area contributed by atoms with E-state index in [1.165, 1.54) is 19.2 Å². The fraction of sp³-hybridized carbons (Fsp3) is 0.217. The van der Waals surface area contributed by atoms with E-state index in [9.17, 15) is 14.0 Å². The van der Waals surface area contributed by atoms with Crippen molar-refractivity contribution >= 4 is 11.8 Å². The van der Waals surface area contributed by atoms with Crippen LogP contribution in [0.2, 0.25) is 0 Å². The van der Waals surface area contributed by atoms with Crippen LogP contribution >= 0.6 is 0 Å². The second-order valence-electron chi connectivity index (χ2n) is 6.62. The molecule has 6 nitrogen and oxygen atoms in total. The summed E-state index contributed by atoms with van der Waals surface area (Å²) < 4.78 is 31.0. The summed E-state index contributed by atoms with van der Waals surface area (Å²) in [6.45, 7) is 2.82. The predicted octanol–water partition coefficient (Wildman–Crippen LogP) is 4.05. The molecule has 7 heteroatoms. The Kier molecular flexibility index (Phi) is 6.51. The summed E-state index contributed by atoms with van der Waals surface area (Å²) in [4.78, 5) is 24.6. The molecule has 0 atom stereocenters. The number of benzene rings is 2. The molecule has 0 N–H and O–H groups in total. The first-order valence-electron chi connectivity index (χ1n) is 9.30. The number of ether oxygens (including phenoxy) is 3. The van der Waals surface area contributed by atoms with Gasteiger partial charge in [0.15, 0.2) is 24.7 Å². The summed E-state index contributed by atoms with van der Waals surface area (Å²) in [5, 5.41) is 0. The minimum Gasteiger partial charge on any atom is -0.493 e. The lowest BCUT2D eigenvalue weighted by Gasteiger charge is -2.11. The molecule has 0 spiro atoms. The lowest BCUT2D eigenvalue weighted by atomic mass is 10.1. The third-order valence-electron chi connectivity index (χ3n) is 4.58. The van der Waals surface area contributed by atoms with Crippen molar-refractivity contribution in [1.82, 2.24) is 4.57 Å². The molecule has 0 aliphatic heterocycles. The number of ketones is 1. The monoisotopic (exact) mass is 411 g/mol. The van der Waals surface area contributed by atoms with Crippen molar-refractivity contribution < 1.29 is 28.2 Å².